The zero-order valence-corrected chi connectivity index (χ0v) is 14.6. The molecular weight excluding hydrogens is 314 g/mol. The molecule has 0 spiro atoms. The maximum absolute atomic E-state index is 12.3. The molecule has 1 aliphatic heterocycles. The van der Waals surface area contributed by atoms with E-state index < -0.39 is 0 Å². The smallest absolute Gasteiger partial charge is 0.228 e. The van der Waals surface area contributed by atoms with Crippen molar-refractivity contribution in [3.8, 4) is 0 Å². The molecule has 0 aliphatic carbocycles. The van der Waals surface area contributed by atoms with Gasteiger partial charge in [0.25, 0.3) is 0 Å². The lowest BCUT2D eigenvalue weighted by Crippen LogP contribution is -2.21. The first-order valence-corrected chi connectivity index (χ1v) is 8.65. The highest BCUT2D eigenvalue weighted by molar-refractivity contribution is 5.99. The van der Waals surface area contributed by atoms with Crippen LogP contribution >= 0.6 is 0 Å². The Morgan fingerprint density at radius 2 is 1.84 bits per heavy atom. The summed E-state index contributed by atoms with van der Waals surface area (Å²) in [6.45, 7) is 6.16. The number of hydrogen-bond acceptors (Lipinski definition) is 3. The molecule has 0 unspecified atom stereocenters. The maximum atomic E-state index is 12.3. The van der Waals surface area contributed by atoms with Crippen molar-refractivity contribution in [3.63, 3.8) is 0 Å². The van der Waals surface area contributed by atoms with Gasteiger partial charge in [0, 0.05) is 30.2 Å². The van der Waals surface area contributed by atoms with Crippen molar-refractivity contribution in [2.45, 2.75) is 26.7 Å². The van der Waals surface area contributed by atoms with Gasteiger partial charge >= 0.3 is 0 Å². The van der Waals surface area contributed by atoms with E-state index in [4.69, 9.17) is 0 Å². The number of anilines is 3. The Balaban J connectivity index is 1.61. The van der Waals surface area contributed by atoms with Gasteiger partial charge in [0.15, 0.2) is 0 Å². The average Bonchev–Trinajstić information content (AvgIpc) is 2.96. The Kier molecular flexibility index (Phi) is 5.03. The first-order chi connectivity index (χ1) is 12.1. The fourth-order valence-corrected chi connectivity index (χ4v) is 3.13. The third-order valence-corrected chi connectivity index (χ3v) is 4.44. The summed E-state index contributed by atoms with van der Waals surface area (Å²) >= 11 is 0. The van der Waals surface area contributed by atoms with Crippen LogP contribution in [-0.2, 0) is 22.4 Å². The summed E-state index contributed by atoms with van der Waals surface area (Å²) in [5.41, 5.74) is 4.66. The highest BCUT2D eigenvalue weighted by Gasteiger charge is 2.18. The van der Waals surface area contributed by atoms with Gasteiger partial charge in [-0.2, -0.15) is 0 Å². The van der Waals surface area contributed by atoms with Gasteiger partial charge in [0.2, 0.25) is 11.8 Å². The van der Waals surface area contributed by atoms with Crippen LogP contribution in [0.15, 0.2) is 42.5 Å². The summed E-state index contributed by atoms with van der Waals surface area (Å²) < 4.78 is 0. The van der Waals surface area contributed by atoms with E-state index in [1.807, 2.05) is 42.5 Å². The van der Waals surface area contributed by atoms with Crippen LogP contribution in [0.3, 0.4) is 0 Å². The number of benzene rings is 2. The predicted octanol–water partition coefficient (Wildman–Crippen LogP) is 3.21. The Bertz CT molecular complexity index is 780. The molecule has 0 aromatic heterocycles. The van der Waals surface area contributed by atoms with E-state index in [1.54, 1.807) is 0 Å². The Morgan fingerprint density at radius 1 is 1.12 bits per heavy atom. The molecule has 0 radical (unpaired) electrons. The van der Waals surface area contributed by atoms with E-state index in [9.17, 15) is 9.59 Å². The fraction of sp³-hybridized carbons (Fsp3) is 0.300. The summed E-state index contributed by atoms with van der Waals surface area (Å²) in [5, 5.41) is 5.73. The highest BCUT2D eigenvalue weighted by Crippen LogP contribution is 2.24. The normalized spacial score (nSPS) is 12.5. The average molecular weight is 337 g/mol. The second-order valence-electron chi connectivity index (χ2n) is 6.16. The SMILES string of the molecule is CCN(CC)c1ccc(NC(=O)Cc2ccc3c(c2)CC(=O)N3)cc1. The van der Waals surface area contributed by atoms with Gasteiger partial charge in [-0.25, -0.2) is 0 Å². The second kappa shape index (κ2) is 7.38. The van der Waals surface area contributed by atoms with E-state index in [0.29, 0.717) is 12.8 Å². The number of carbonyl (C=O) groups is 2. The number of carbonyl (C=O) groups excluding carboxylic acids is 2. The molecule has 3 rings (SSSR count). The summed E-state index contributed by atoms with van der Waals surface area (Å²) in [7, 11) is 0. The number of nitrogens with zero attached hydrogens (tertiary/aromatic N) is 1. The lowest BCUT2D eigenvalue weighted by Gasteiger charge is -2.21. The minimum Gasteiger partial charge on any atom is -0.372 e. The maximum Gasteiger partial charge on any atom is 0.228 e. The molecule has 5 heteroatoms. The molecule has 2 N–H and O–H groups in total. The number of amides is 2. The minimum atomic E-state index is -0.0622. The first-order valence-electron chi connectivity index (χ1n) is 8.65. The lowest BCUT2D eigenvalue weighted by molar-refractivity contribution is -0.116. The zero-order valence-electron chi connectivity index (χ0n) is 14.6. The van der Waals surface area contributed by atoms with Crippen molar-refractivity contribution in [2.24, 2.45) is 0 Å². The molecule has 0 saturated carbocycles. The van der Waals surface area contributed by atoms with E-state index in [2.05, 4.69) is 29.4 Å². The second-order valence-corrected chi connectivity index (χ2v) is 6.16. The fourth-order valence-electron chi connectivity index (χ4n) is 3.13. The van der Waals surface area contributed by atoms with Crippen LogP contribution in [0.25, 0.3) is 0 Å². The van der Waals surface area contributed by atoms with E-state index >= 15 is 0 Å². The van der Waals surface area contributed by atoms with Crippen molar-refractivity contribution in [2.75, 3.05) is 28.6 Å². The number of fused-ring (bicyclic) bond motifs is 1. The van der Waals surface area contributed by atoms with Crippen molar-refractivity contribution < 1.29 is 9.59 Å². The van der Waals surface area contributed by atoms with Crippen LogP contribution in [0, 0.1) is 0 Å². The number of rotatable bonds is 6. The molecule has 1 heterocycles. The molecule has 2 amide bonds. The van der Waals surface area contributed by atoms with Crippen molar-refractivity contribution in [1.82, 2.24) is 0 Å². The van der Waals surface area contributed by atoms with Gasteiger partial charge in [-0.1, -0.05) is 12.1 Å². The summed E-state index contributed by atoms with van der Waals surface area (Å²) in [6.07, 6.45) is 0.677. The van der Waals surface area contributed by atoms with Crippen molar-refractivity contribution in [3.05, 3.63) is 53.6 Å². The molecule has 0 fully saturated rings. The van der Waals surface area contributed by atoms with Crippen molar-refractivity contribution >= 4 is 28.9 Å². The highest BCUT2D eigenvalue weighted by atomic mass is 16.2. The predicted molar refractivity (Wildman–Crippen MR) is 101 cm³/mol. The summed E-state index contributed by atoms with van der Waals surface area (Å²) in [6, 6.07) is 13.6. The monoisotopic (exact) mass is 337 g/mol. The van der Waals surface area contributed by atoms with E-state index in [0.717, 1.165) is 41.3 Å². The minimum absolute atomic E-state index is 0.00453. The Hall–Kier alpha value is -2.82. The van der Waals surface area contributed by atoms with Crippen LogP contribution < -0.4 is 15.5 Å². The van der Waals surface area contributed by atoms with Gasteiger partial charge < -0.3 is 15.5 Å². The van der Waals surface area contributed by atoms with Crippen molar-refractivity contribution in [1.29, 1.82) is 0 Å². The van der Waals surface area contributed by atoms with Crippen LogP contribution in [0.2, 0.25) is 0 Å². The molecule has 2 aromatic rings. The Labute approximate surface area is 148 Å². The molecule has 2 aromatic carbocycles. The molecule has 0 saturated heterocycles. The lowest BCUT2D eigenvalue weighted by atomic mass is 10.1. The van der Waals surface area contributed by atoms with Gasteiger partial charge in [-0.3, -0.25) is 9.59 Å². The van der Waals surface area contributed by atoms with Crippen LogP contribution in [0.5, 0.6) is 0 Å². The topological polar surface area (TPSA) is 61.4 Å². The quantitative estimate of drug-likeness (QED) is 0.851. The zero-order chi connectivity index (χ0) is 17.8. The molecule has 0 bridgehead atoms. The summed E-state index contributed by atoms with van der Waals surface area (Å²) in [4.78, 5) is 25.9. The molecule has 130 valence electrons. The third kappa shape index (κ3) is 3.99. The number of hydrogen-bond donors (Lipinski definition) is 2. The standard InChI is InChI=1S/C20H23N3O2/c1-3-23(4-2)17-8-6-16(7-9-17)21-19(24)12-14-5-10-18-15(11-14)13-20(25)22-18/h5-11H,3-4,12-13H2,1-2H3,(H,21,24)(H,22,25). The Morgan fingerprint density at radius 3 is 2.52 bits per heavy atom. The van der Waals surface area contributed by atoms with Gasteiger partial charge in [-0.15, -0.1) is 0 Å². The molecule has 1 aliphatic rings. The summed E-state index contributed by atoms with van der Waals surface area (Å²) in [5.74, 6) is -0.0577. The third-order valence-electron chi connectivity index (χ3n) is 4.44. The van der Waals surface area contributed by atoms with Crippen LogP contribution in [-0.4, -0.2) is 24.9 Å². The van der Waals surface area contributed by atoms with Gasteiger partial charge in [-0.05, 0) is 55.3 Å². The molecule has 25 heavy (non-hydrogen) atoms. The molecule has 0 atom stereocenters. The van der Waals surface area contributed by atoms with Gasteiger partial charge in [0.05, 0.1) is 12.8 Å². The number of nitrogens with one attached hydrogen (secondary N) is 2. The van der Waals surface area contributed by atoms with Gasteiger partial charge in [0.1, 0.15) is 0 Å². The molecule has 5 nitrogen and oxygen atoms in total. The van der Waals surface area contributed by atoms with Crippen LogP contribution in [0.1, 0.15) is 25.0 Å². The first kappa shape index (κ1) is 17.0. The van der Waals surface area contributed by atoms with E-state index in [1.165, 1.54) is 0 Å². The largest absolute Gasteiger partial charge is 0.372 e. The van der Waals surface area contributed by atoms with Crippen LogP contribution in [0.4, 0.5) is 17.1 Å². The van der Waals surface area contributed by atoms with E-state index in [-0.39, 0.29) is 11.8 Å². The molecular formula is C20H23N3O2.